The lowest BCUT2D eigenvalue weighted by Crippen LogP contribution is -2.29. The van der Waals surface area contributed by atoms with Crippen LogP contribution >= 0.6 is 22.9 Å². The number of nitrogens with zero attached hydrogens (tertiary/aromatic N) is 1. The molecule has 0 aromatic rings. The Morgan fingerprint density at radius 1 is 1.50 bits per heavy atom. The van der Waals surface area contributed by atoms with E-state index in [9.17, 15) is 4.79 Å². The van der Waals surface area contributed by atoms with Crippen LogP contribution in [0.2, 0.25) is 0 Å². The summed E-state index contributed by atoms with van der Waals surface area (Å²) in [6, 6.07) is 0. The molecule has 4 heteroatoms. The molecule has 0 radical (unpaired) electrons. The van der Waals surface area contributed by atoms with Gasteiger partial charge in [-0.05, 0) is 12.8 Å². The lowest BCUT2D eigenvalue weighted by atomic mass is 9.99. The second-order valence-corrected chi connectivity index (χ2v) is 3.89. The fourth-order valence-corrected chi connectivity index (χ4v) is 1.65. The average Bonchev–Trinajstić information content (AvgIpc) is 1.88. The molecule has 0 bridgehead atoms. The Kier molecular flexibility index (Phi) is 2.91. The molecule has 0 aromatic heterocycles. The summed E-state index contributed by atoms with van der Waals surface area (Å²) in [7, 11) is 0. The molecule has 1 rings (SSSR count). The van der Waals surface area contributed by atoms with Gasteiger partial charge in [0, 0.05) is 36.0 Å². The summed E-state index contributed by atoms with van der Waals surface area (Å²) >= 11 is 2.23. The van der Waals surface area contributed by atoms with Crippen LogP contribution in [0.25, 0.3) is 0 Å². The van der Waals surface area contributed by atoms with Crippen molar-refractivity contribution in [3.63, 3.8) is 0 Å². The molecule has 0 spiro atoms. The standard InChI is InChI=1S/C6H10INO2/c7-8-3-1-5(2-4-8)6(9)10/h5H,1-4H2,(H,9,10). The summed E-state index contributed by atoms with van der Waals surface area (Å²) in [5, 5.41) is 8.60. The number of hydrogen-bond donors (Lipinski definition) is 1. The summed E-state index contributed by atoms with van der Waals surface area (Å²) in [5.74, 6) is -0.726. The molecule has 10 heavy (non-hydrogen) atoms. The van der Waals surface area contributed by atoms with Gasteiger partial charge >= 0.3 is 5.97 Å². The number of carboxylic acids is 1. The van der Waals surface area contributed by atoms with Gasteiger partial charge in [0.1, 0.15) is 0 Å². The van der Waals surface area contributed by atoms with E-state index in [4.69, 9.17) is 5.11 Å². The van der Waals surface area contributed by atoms with E-state index in [1.165, 1.54) is 0 Å². The summed E-state index contributed by atoms with van der Waals surface area (Å²) in [6.07, 6.45) is 1.61. The van der Waals surface area contributed by atoms with E-state index in [1.807, 2.05) is 0 Å². The highest BCUT2D eigenvalue weighted by Gasteiger charge is 2.22. The monoisotopic (exact) mass is 255 g/mol. The molecule has 1 heterocycles. The van der Waals surface area contributed by atoms with E-state index < -0.39 is 5.97 Å². The lowest BCUT2D eigenvalue weighted by Gasteiger charge is -2.24. The van der Waals surface area contributed by atoms with Crippen molar-refractivity contribution in [1.82, 2.24) is 3.11 Å². The topological polar surface area (TPSA) is 40.5 Å². The molecular weight excluding hydrogens is 245 g/mol. The highest BCUT2D eigenvalue weighted by Crippen LogP contribution is 2.19. The second kappa shape index (κ2) is 3.52. The minimum Gasteiger partial charge on any atom is -0.481 e. The van der Waals surface area contributed by atoms with E-state index in [0.717, 1.165) is 25.9 Å². The normalized spacial score (nSPS) is 22.9. The number of carboxylic acid groups (broad SMARTS) is 1. The molecule has 58 valence electrons. The second-order valence-electron chi connectivity index (χ2n) is 2.52. The fraction of sp³-hybridized carbons (Fsp3) is 0.833. The first kappa shape index (κ1) is 8.26. The molecule has 0 unspecified atom stereocenters. The molecule has 0 amide bonds. The molecule has 3 nitrogen and oxygen atoms in total. The van der Waals surface area contributed by atoms with Gasteiger partial charge in [-0.1, -0.05) is 0 Å². The Labute approximate surface area is 73.9 Å². The largest absolute Gasteiger partial charge is 0.481 e. The molecule has 0 aliphatic carbocycles. The maximum atomic E-state index is 10.4. The zero-order valence-electron chi connectivity index (χ0n) is 5.59. The highest BCUT2D eigenvalue weighted by molar-refractivity contribution is 14.1. The lowest BCUT2D eigenvalue weighted by molar-refractivity contribution is -0.142. The molecular formula is C6H10INO2. The van der Waals surface area contributed by atoms with Gasteiger partial charge in [-0.2, -0.15) is 0 Å². The van der Waals surface area contributed by atoms with Crippen LogP contribution in [-0.4, -0.2) is 27.3 Å². The highest BCUT2D eigenvalue weighted by atomic mass is 127. The Hall–Kier alpha value is 0.160. The minimum atomic E-state index is -0.635. The summed E-state index contributed by atoms with van der Waals surface area (Å²) < 4.78 is 2.14. The van der Waals surface area contributed by atoms with Crippen molar-refractivity contribution < 1.29 is 9.90 Å². The van der Waals surface area contributed by atoms with Crippen LogP contribution < -0.4 is 0 Å². The number of halogens is 1. The Morgan fingerprint density at radius 3 is 2.40 bits per heavy atom. The Balaban J connectivity index is 2.33. The molecule has 0 saturated carbocycles. The van der Waals surface area contributed by atoms with Crippen molar-refractivity contribution in [2.45, 2.75) is 12.8 Å². The van der Waals surface area contributed by atoms with Crippen molar-refractivity contribution in [3.8, 4) is 0 Å². The van der Waals surface area contributed by atoms with Gasteiger partial charge in [0.15, 0.2) is 0 Å². The average molecular weight is 255 g/mol. The Morgan fingerprint density at radius 2 is 2.00 bits per heavy atom. The van der Waals surface area contributed by atoms with Crippen LogP contribution in [0.1, 0.15) is 12.8 Å². The first-order valence-electron chi connectivity index (χ1n) is 3.33. The summed E-state index contributed by atoms with van der Waals surface area (Å²) in [6.45, 7) is 1.83. The van der Waals surface area contributed by atoms with Crippen molar-refractivity contribution >= 4 is 28.8 Å². The smallest absolute Gasteiger partial charge is 0.306 e. The number of carbonyl (C=O) groups is 1. The molecule has 1 saturated heterocycles. The third kappa shape index (κ3) is 2.09. The maximum Gasteiger partial charge on any atom is 0.306 e. The van der Waals surface area contributed by atoms with E-state index in [2.05, 4.69) is 26.0 Å². The van der Waals surface area contributed by atoms with E-state index in [1.54, 1.807) is 0 Å². The minimum absolute atomic E-state index is 0.0917. The zero-order chi connectivity index (χ0) is 7.56. The third-order valence-electron chi connectivity index (χ3n) is 1.79. The first-order valence-corrected chi connectivity index (χ1v) is 4.30. The van der Waals surface area contributed by atoms with E-state index in [-0.39, 0.29) is 5.92 Å². The number of piperidine rings is 1. The van der Waals surface area contributed by atoms with Crippen LogP contribution in [0.3, 0.4) is 0 Å². The van der Waals surface area contributed by atoms with Crippen LogP contribution in [0.4, 0.5) is 0 Å². The predicted octanol–water partition coefficient (Wildman–Crippen LogP) is 1.13. The van der Waals surface area contributed by atoms with Crippen molar-refractivity contribution in [3.05, 3.63) is 0 Å². The van der Waals surface area contributed by atoms with Gasteiger partial charge in [-0.15, -0.1) is 0 Å². The number of hydrogen-bond acceptors (Lipinski definition) is 2. The van der Waals surface area contributed by atoms with Crippen molar-refractivity contribution in [2.24, 2.45) is 5.92 Å². The first-order chi connectivity index (χ1) is 4.70. The van der Waals surface area contributed by atoms with Crippen LogP contribution in [-0.2, 0) is 4.79 Å². The quantitative estimate of drug-likeness (QED) is 0.564. The van der Waals surface area contributed by atoms with Gasteiger partial charge in [-0.3, -0.25) is 4.79 Å². The SMILES string of the molecule is O=C(O)C1CCN(I)CC1. The molecule has 1 aliphatic rings. The van der Waals surface area contributed by atoms with E-state index in [0.29, 0.717) is 0 Å². The number of aliphatic carboxylic acids is 1. The van der Waals surface area contributed by atoms with Crippen molar-refractivity contribution in [1.29, 1.82) is 0 Å². The third-order valence-corrected chi connectivity index (χ3v) is 2.75. The Bertz CT molecular complexity index is 132. The van der Waals surface area contributed by atoms with Crippen LogP contribution in [0.5, 0.6) is 0 Å². The van der Waals surface area contributed by atoms with Crippen molar-refractivity contribution in [2.75, 3.05) is 13.1 Å². The molecule has 1 fully saturated rings. The van der Waals surface area contributed by atoms with Gasteiger partial charge in [0.2, 0.25) is 0 Å². The molecule has 0 aromatic carbocycles. The van der Waals surface area contributed by atoms with Gasteiger partial charge in [-0.25, -0.2) is 3.11 Å². The summed E-state index contributed by atoms with van der Waals surface area (Å²) in [4.78, 5) is 10.4. The number of rotatable bonds is 1. The predicted molar refractivity (Wildman–Crippen MR) is 46.0 cm³/mol. The fourth-order valence-electron chi connectivity index (χ4n) is 1.09. The zero-order valence-corrected chi connectivity index (χ0v) is 7.74. The van der Waals surface area contributed by atoms with Gasteiger partial charge in [0.25, 0.3) is 0 Å². The van der Waals surface area contributed by atoms with Crippen LogP contribution in [0.15, 0.2) is 0 Å². The van der Waals surface area contributed by atoms with E-state index >= 15 is 0 Å². The molecule has 0 atom stereocenters. The van der Waals surface area contributed by atoms with Gasteiger partial charge < -0.3 is 5.11 Å². The maximum absolute atomic E-state index is 10.4. The van der Waals surface area contributed by atoms with Gasteiger partial charge in [0.05, 0.1) is 5.92 Å². The molecule has 1 N–H and O–H groups in total. The van der Waals surface area contributed by atoms with Crippen LogP contribution in [0, 0.1) is 5.92 Å². The summed E-state index contributed by atoms with van der Waals surface area (Å²) in [5.41, 5.74) is 0. The molecule has 1 aliphatic heterocycles.